The van der Waals surface area contributed by atoms with Crippen LogP contribution in [0.3, 0.4) is 0 Å². The molecule has 3 rings (SSSR count). The smallest absolute Gasteiger partial charge is 0.161 e. The van der Waals surface area contributed by atoms with Crippen LogP contribution in [0.4, 0.5) is 0 Å². The molecule has 0 spiro atoms. The molecule has 1 aromatic carbocycles. The third-order valence-corrected chi connectivity index (χ3v) is 5.19. The lowest BCUT2D eigenvalue weighted by Gasteiger charge is -2.11. The van der Waals surface area contributed by atoms with Crippen molar-refractivity contribution in [3.8, 4) is 22.8 Å². The molecule has 0 radical (unpaired) electrons. The molecular formula is C17H17ClN2O2S. The van der Waals surface area contributed by atoms with Gasteiger partial charge in [-0.25, -0.2) is 9.97 Å². The van der Waals surface area contributed by atoms with E-state index in [1.54, 1.807) is 25.6 Å². The van der Waals surface area contributed by atoms with Crippen LogP contribution >= 0.6 is 22.9 Å². The molecule has 0 aliphatic heterocycles. The van der Waals surface area contributed by atoms with Crippen molar-refractivity contribution in [3.63, 3.8) is 0 Å². The Bertz CT molecular complexity index is 877. The molecule has 3 aromatic rings. The highest BCUT2D eigenvalue weighted by Gasteiger charge is 2.17. The van der Waals surface area contributed by atoms with E-state index < -0.39 is 0 Å². The molecule has 4 nitrogen and oxygen atoms in total. The Kier molecular flexibility index (Phi) is 4.41. The van der Waals surface area contributed by atoms with Gasteiger partial charge in [-0.05, 0) is 37.6 Å². The molecule has 0 atom stereocenters. The van der Waals surface area contributed by atoms with Crippen molar-refractivity contribution < 1.29 is 9.47 Å². The number of methoxy groups -OCH3 is 2. The zero-order valence-electron chi connectivity index (χ0n) is 13.4. The number of ether oxygens (including phenoxy) is 2. The van der Waals surface area contributed by atoms with Crippen LogP contribution in [-0.4, -0.2) is 24.2 Å². The zero-order chi connectivity index (χ0) is 16.6. The van der Waals surface area contributed by atoms with E-state index in [9.17, 15) is 0 Å². The minimum absolute atomic E-state index is 0.284. The number of aromatic nitrogens is 2. The molecule has 0 N–H and O–H groups in total. The minimum atomic E-state index is 0.284. The number of aryl methyl sites for hydroxylation is 2. The summed E-state index contributed by atoms with van der Waals surface area (Å²) in [6, 6.07) is 5.80. The summed E-state index contributed by atoms with van der Waals surface area (Å²) in [6.07, 6.45) is 0. The summed E-state index contributed by atoms with van der Waals surface area (Å²) in [4.78, 5) is 11.4. The van der Waals surface area contributed by atoms with Gasteiger partial charge in [0.1, 0.15) is 10.7 Å². The van der Waals surface area contributed by atoms with Crippen LogP contribution < -0.4 is 9.47 Å². The standard InChI is InChI=1S/C17H17ClN2O2S/c1-9-10(2)23-17-15(9)16(19-14(8-18)20-17)11-5-6-12(21-3)13(7-11)22-4/h5-7H,8H2,1-4H3. The maximum absolute atomic E-state index is 5.97. The second-order valence-electron chi connectivity index (χ2n) is 5.16. The van der Waals surface area contributed by atoms with E-state index in [-0.39, 0.29) is 5.88 Å². The third-order valence-electron chi connectivity index (χ3n) is 3.85. The summed E-state index contributed by atoms with van der Waals surface area (Å²) in [5.41, 5.74) is 3.05. The predicted octanol–water partition coefficient (Wildman–Crippen LogP) is 4.73. The maximum Gasteiger partial charge on any atom is 0.161 e. The predicted molar refractivity (Wildman–Crippen MR) is 95.0 cm³/mol. The van der Waals surface area contributed by atoms with Crippen molar-refractivity contribution in [3.05, 3.63) is 34.5 Å². The molecule has 2 heterocycles. The molecule has 0 bridgehead atoms. The van der Waals surface area contributed by atoms with E-state index in [0.717, 1.165) is 21.5 Å². The molecule has 0 saturated heterocycles. The Labute approximate surface area is 144 Å². The van der Waals surface area contributed by atoms with Gasteiger partial charge in [-0.1, -0.05) is 0 Å². The van der Waals surface area contributed by atoms with E-state index in [1.165, 1.54) is 10.4 Å². The molecule has 0 aliphatic carbocycles. The first kappa shape index (κ1) is 16.0. The SMILES string of the molecule is COc1ccc(-c2nc(CCl)nc3sc(C)c(C)c23)cc1OC. The van der Waals surface area contributed by atoms with Crippen molar-refractivity contribution in [2.45, 2.75) is 19.7 Å². The monoisotopic (exact) mass is 348 g/mol. The van der Waals surface area contributed by atoms with Crippen molar-refractivity contribution in [1.29, 1.82) is 0 Å². The number of rotatable bonds is 4. The molecule has 0 aliphatic rings. The van der Waals surface area contributed by atoms with Gasteiger partial charge in [0.25, 0.3) is 0 Å². The fourth-order valence-corrected chi connectivity index (χ4v) is 3.71. The largest absolute Gasteiger partial charge is 0.493 e. The molecular weight excluding hydrogens is 332 g/mol. The third kappa shape index (κ3) is 2.75. The van der Waals surface area contributed by atoms with Crippen molar-refractivity contribution >= 4 is 33.2 Å². The van der Waals surface area contributed by atoms with Crippen LogP contribution in [0.5, 0.6) is 11.5 Å². The number of thiophene rings is 1. The average Bonchev–Trinajstić information content (AvgIpc) is 2.87. The minimum Gasteiger partial charge on any atom is -0.493 e. The second-order valence-corrected chi connectivity index (χ2v) is 6.63. The number of hydrogen-bond acceptors (Lipinski definition) is 5. The van der Waals surface area contributed by atoms with Gasteiger partial charge in [0.15, 0.2) is 11.5 Å². The van der Waals surface area contributed by atoms with Gasteiger partial charge in [-0.2, -0.15) is 0 Å². The number of halogens is 1. The van der Waals surface area contributed by atoms with E-state index in [0.29, 0.717) is 17.3 Å². The fraction of sp³-hybridized carbons (Fsp3) is 0.294. The summed E-state index contributed by atoms with van der Waals surface area (Å²) in [5, 5.41) is 1.08. The van der Waals surface area contributed by atoms with Gasteiger partial charge < -0.3 is 9.47 Å². The van der Waals surface area contributed by atoms with Crippen LogP contribution in [-0.2, 0) is 5.88 Å². The van der Waals surface area contributed by atoms with Gasteiger partial charge in [-0.15, -0.1) is 22.9 Å². The molecule has 0 saturated carbocycles. The molecule has 0 amide bonds. The first-order valence-electron chi connectivity index (χ1n) is 7.14. The highest BCUT2D eigenvalue weighted by molar-refractivity contribution is 7.18. The molecule has 23 heavy (non-hydrogen) atoms. The Balaban J connectivity index is 2.30. The van der Waals surface area contributed by atoms with Crippen LogP contribution in [0.1, 0.15) is 16.3 Å². The quantitative estimate of drug-likeness (QED) is 0.639. The molecule has 2 aromatic heterocycles. The second kappa shape index (κ2) is 6.34. The number of fused-ring (bicyclic) bond motifs is 1. The van der Waals surface area contributed by atoms with E-state index in [4.69, 9.17) is 21.1 Å². The lowest BCUT2D eigenvalue weighted by Crippen LogP contribution is -1.97. The van der Waals surface area contributed by atoms with Crippen molar-refractivity contribution in [1.82, 2.24) is 9.97 Å². The van der Waals surface area contributed by atoms with Gasteiger partial charge >= 0.3 is 0 Å². The Morgan fingerprint density at radius 1 is 1.09 bits per heavy atom. The van der Waals surface area contributed by atoms with Crippen LogP contribution in [0, 0.1) is 13.8 Å². The van der Waals surface area contributed by atoms with E-state index in [1.807, 2.05) is 18.2 Å². The first-order chi connectivity index (χ1) is 11.1. The highest BCUT2D eigenvalue weighted by atomic mass is 35.5. The molecule has 120 valence electrons. The topological polar surface area (TPSA) is 44.2 Å². The van der Waals surface area contributed by atoms with Crippen LogP contribution in [0.2, 0.25) is 0 Å². The summed E-state index contributed by atoms with van der Waals surface area (Å²) < 4.78 is 10.7. The van der Waals surface area contributed by atoms with Gasteiger partial charge in [-0.3, -0.25) is 0 Å². The molecule has 0 unspecified atom stereocenters. The summed E-state index contributed by atoms with van der Waals surface area (Å²) >= 11 is 7.64. The Hall–Kier alpha value is -1.85. The van der Waals surface area contributed by atoms with E-state index >= 15 is 0 Å². The normalized spacial score (nSPS) is 11.0. The molecule has 6 heteroatoms. The number of alkyl halides is 1. The number of nitrogens with zero attached hydrogens (tertiary/aromatic N) is 2. The van der Waals surface area contributed by atoms with Crippen LogP contribution in [0.25, 0.3) is 21.5 Å². The number of hydrogen-bond donors (Lipinski definition) is 0. The Morgan fingerprint density at radius 2 is 1.83 bits per heavy atom. The summed E-state index contributed by atoms with van der Waals surface area (Å²) in [6.45, 7) is 4.20. The van der Waals surface area contributed by atoms with Gasteiger partial charge in [0, 0.05) is 15.8 Å². The maximum atomic E-state index is 5.97. The lowest BCUT2D eigenvalue weighted by molar-refractivity contribution is 0.355. The lowest BCUT2D eigenvalue weighted by atomic mass is 10.1. The van der Waals surface area contributed by atoms with E-state index in [2.05, 4.69) is 23.8 Å². The van der Waals surface area contributed by atoms with Gasteiger partial charge in [0.05, 0.1) is 25.8 Å². The summed E-state index contributed by atoms with van der Waals surface area (Å²) in [5.74, 6) is 2.28. The van der Waals surface area contributed by atoms with Crippen molar-refractivity contribution in [2.24, 2.45) is 0 Å². The number of benzene rings is 1. The average molecular weight is 349 g/mol. The van der Waals surface area contributed by atoms with Gasteiger partial charge in [0.2, 0.25) is 0 Å². The first-order valence-corrected chi connectivity index (χ1v) is 8.49. The van der Waals surface area contributed by atoms with Crippen molar-refractivity contribution in [2.75, 3.05) is 14.2 Å². The summed E-state index contributed by atoms with van der Waals surface area (Å²) in [7, 11) is 3.25. The fourth-order valence-electron chi connectivity index (χ4n) is 2.55. The molecule has 0 fully saturated rings. The zero-order valence-corrected chi connectivity index (χ0v) is 15.0. The Morgan fingerprint density at radius 3 is 2.48 bits per heavy atom. The highest BCUT2D eigenvalue weighted by Crippen LogP contribution is 2.38. The van der Waals surface area contributed by atoms with Crippen LogP contribution in [0.15, 0.2) is 18.2 Å².